The summed E-state index contributed by atoms with van der Waals surface area (Å²) in [5.74, 6) is 2.87. The van der Waals surface area contributed by atoms with Gasteiger partial charge in [0, 0.05) is 17.5 Å². The maximum absolute atomic E-state index is 8.78. The fraction of sp³-hybridized carbons (Fsp3) is 0.500. The molecule has 4 nitrogen and oxygen atoms in total. The molecule has 2 heterocycles. The molecule has 1 atom stereocenters. The van der Waals surface area contributed by atoms with Gasteiger partial charge in [-0.25, -0.2) is 9.97 Å². The standard InChI is InChI=1S/C10H12N4S/c1-7-4-9(5-11)14-10(12-7)13-8-2-3-15-6-8/h4,8H,2-3,6H2,1H3,(H,12,13,14). The van der Waals surface area contributed by atoms with Crippen molar-refractivity contribution in [3.8, 4) is 6.07 Å². The zero-order valence-electron chi connectivity index (χ0n) is 8.53. The van der Waals surface area contributed by atoms with Crippen LogP contribution in [0, 0.1) is 18.3 Å². The summed E-state index contributed by atoms with van der Waals surface area (Å²) >= 11 is 1.93. The molecule has 1 aromatic rings. The lowest BCUT2D eigenvalue weighted by Gasteiger charge is -2.11. The summed E-state index contributed by atoms with van der Waals surface area (Å²) < 4.78 is 0. The van der Waals surface area contributed by atoms with E-state index in [0.717, 1.165) is 17.9 Å². The zero-order chi connectivity index (χ0) is 10.7. The van der Waals surface area contributed by atoms with Gasteiger partial charge >= 0.3 is 0 Å². The maximum Gasteiger partial charge on any atom is 0.224 e. The van der Waals surface area contributed by atoms with E-state index in [-0.39, 0.29) is 0 Å². The van der Waals surface area contributed by atoms with Crippen LogP contribution in [0.4, 0.5) is 5.95 Å². The smallest absolute Gasteiger partial charge is 0.224 e. The van der Waals surface area contributed by atoms with Crippen LogP contribution in [-0.4, -0.2) is 27.5 Å². The van der Waals surface area contributed by atoms with Crippen LogP contribution < -0.4 is 5.32 Å². The van der Waals surface area contributed by atoms with Crippen molar-refractivity contribution < 1.29 is 0 Å². The monoisotopic (exact) mass is 220 g/mol. The van der Waals surface area contributed by atoms with E-state index >= 15 is 0 Å². The van der Waals surface area contributed by atoms with Crippen molar-refractivity contribution in [3.63, 3.8) is 0 Å². The summed E-state index contributed by atoms with van der Waals surface area (Å²) in [7, 11) is 0. The van der Waals surface area contributed by atoms with Crippen LogP contribution in [0.2, 0.25) is 0 Å². The van der Waals surface area contributed by atoms with Gasteiger partial charge in [0.1, 0.15) is 11.8 Å². The summed E-state index contributed by atoms with van der Waals surface area (Å²) in [4.78, 5) is 8.39. The first kappa shape index (κ1) is 10.2. The van der Waals surface area contributed by atoms with Crippen molar-refractivity contribution in [2.75, 3.05) is 16.8 Å². The van der Waals surface area contributed by atoms with E-state index < -0.39 is 0 Å². The number of aryl methyl sites for hydroxylation is 1. The van der Waals surface area contributed by atoms with Crippen LogP contribution in [0.1, 0.15) is 17.8 Å². The summed E-state index contributed by atoms with van der Waals surface area (Å²) in [5.41, 5.74) is 1.25. The van der Waals surface area contributed by atoms with Crippen LogP contribution in [0.15, 0.2) is 6.07 Å². The molecule has 0 aromatic carbocycles. The number of hydrogen-bond donors (Lipinski definition) is 1. The Kier molecular flexibility index (Phi) is 3.07. The summed E-state index contributed by atoms with van der Waals surface area (Å²) in [6, 6.07) is 4.17. The number of nitrogens with zero attached hydrogens (tertiary/aromatic N) is 3. The molecule has 2 rings (SSSR count). The molecule has 1 saturated heterocycles. The normalized spacial score (nSPS) is 19.9. The summed E-state index contributed by atoms with van der Waals surface area (Å²) in [6.07, 6.45) is 1.14. The van der Waals surface area contributed by atoms with E-state index in [4.69, 9.17) is 5.26 Å². The molecule has 5 heteroatoms. The number of anilines is 1. The third-order valence-electron chi connectivity index (χ3n) is 2.23. The van der Waals surface area contributed by atoms with Crippen molar-refractivity contribution in [1.82, 2.24) is 9.97 Å². The molecule has 1 aromatic heterocycles. The fourth-order valence-electron chi connectivity index (χ4n) is 1.52. The molecule has 1 aliphatic rings. The molecule has 0 radical (unpaired) electrons. The van der Waals surface area contributed by atoms with E-state index in [1.807, 2.05) is 24.8 Å². The number of thioether (sulfide) groups is 1. The van der Waals surface area contributed by atoms with Crippen molar-refractivity contribution in [3.05, 3.63) is 17.5 Å². The van der Waals surface area contributed by atoms with Gasteiger partial charge in [0.25, 0.3) is 0 Å². The molecule has 0 spiro atoms. The average Bonchev–Trinajstić information content (AvgIpc) is 2.69. The number of nitriles is 1. The quantitative estimate of drug-likeness (QED) is 0.819. The van der Waals surface area contributed by atoms with E-state index in [1.165, 1.54) is 5.75 Å². The first-order valence-corrected chi connectivity index (χ1v) is 6.03. The van der Waals surface area contributed by atoms with Crippen LogP contribution in [0.5, 0.6) is 0 Å². The average molecular weight is 220 g/mol. The highest BCUT2D eigenvalue weighted by molar-refractivity contribution is 7.99. The molecule has 15 heavy (non-hydrogen) atoms. The highest BCUT2D eigenvalue weighted by Crippen LogP contribution is 2.19. The van der Waals surface area contributed by atoms with Crippen molar-refractivity contribution in [2.45, 2.75) is 19.4 Å². The molecule has 0 bridgehead atoms. The first-order chi connectivity index (χ1) is 7.28. The Balaban J connectivity index is 2.13. The molecular formula is C10H12N4S. The second kappa shape index (κ2) is 4.49. The lowest BCUT2D eigenvalue weighted by Crippen LogP contribution is -2.20. The fourth-order valence-corrected chi connectivity index (χ4v) is 2.67. The molecule has 1 unspecified atom stereocenters. The third-order valence-corrected chi connectivity index (χ3v) is 3.39. The Hall–Kier alpha value is -1.28. The number of aromatic nitrogens is 2. The van der Waals surface area contributed by atoms with Crippen molar-refractivity contribution in [2.24, 2.45) is 0 Å². The maximum atomic E-state index is 8.78. The Morgan fingerprint density at radius 3 is 3.13 bits per heavy atom. The largest absolute Gasteiger partial charge is 0.351 e. The number of hydrogen-bond acceptors (Lipinski definition) is 5. The van der Waals surface area contributed by atoms with E-state index in [1.54, 1.807) is 6.07 Å². The Bertz CT molecular complexity index is 393. The van der Waals surface area contributed by atoms with Gasteiger partial charge in [-0.3, -0.25) is 0 Å². The van der Waals surface area contributed by atoms with Gasteiger partial charge in [0.15, 0.2) is 0 Å². The van der Waals surface area contributed by atoms with Gasteiger partial charge in [0.05, 0.1) is 0 Å². The predicted octanol–water partition coefficient (Wildman–Crippen LogP) is 1.57. The SMILES string of the molecule is Cc1cc(C#N)nc(NC2CCSC2)n1. The second-order valence-corrected chi connectivity index (χ2v) is 4.68. The van der Waals surface area contributed by atoms with Crippen molar-refractivity contribution in [1.29, 1.82) is 5.26 Å². The molecule has 0 saturated carbocycles. The highest BCUT2D eigenvalue weighted by atomic mass is 32.2. The van der Waals surface area contributed by atoms with Gasteiger partial charge in [0.2, 0.25) is 5.95 Å². The first-order valence-electron chi connectivity index (χ1n) is 4.88. The van der Waals surface area contributed by atoms with Gasteiger partial charge in [-0.2, -0.15) is 17.0 Å². The lowest BCUT2D eigenvalue weighted by molar-refractivity contribution is 0.796. The van der Waals surface area contributed by atoms with Gasteiger partial charge < -0.3 is 5.32 Å². The van der Waals surface area contributed by atoms with Gasteiger partial charge in [-0.15, -0.1) is 0 Å². The minimum atomic E-state index is 0.427. The molecule has 0 aliphatic carbocycles. The van der Waals surface area contributed by atoms with Crippen molar-refractivity contribution >= 4 is 17.7 Å². The predicted molar refractivity (Wildman–Crippen MR) is 60.8 cm³/mol. The van der Waals surface area contributed by atoms with Gasteiger partial charge in [-0.1, -0.05) is 0 Å². The zero-order valence-corrected chi connectivity index (χ0v) is 9.34. The molecule has 1 fully saturated rings. The molecule has 1 aliphatic heterocycles. The molecule has 0 amide bonds. The van der Waals surface area contributed by atoms with Crippen LogP contribution in [0.3, 0.4) is 0 Å². The van der Waals surface area contributed by atoms with Crippen LogP contribution >= 0.6 is 11.8 Å². The van der Waals surface area contributed by atoms with Gasteiger partial charge in [-0.05, 0) is 25.2 Å². The Morgan fingerprint density at radius 2 is 2.47 bits per heavy atom. The highest BCUT2D eigenvalue weighted by Gasteiger charge is 2.16. The third kappa shape index (κ3) is 2.60. The Labute approximate surface area is 93.1 Å². The summed E-state index contributed by atoms with van der Waals surface area (Å²) in [6.45, 7) is 1.87. The summed E-state index contributed by atoms with van der Waals surface area (Å²) in [5, 5.41) is 12.0. The molecule has 78 valence electrons. The van der Waals surface area contributed by atoms with E-state index in [2.05, 4.69) is 15.3 Å². The molecule has 1 N–H and O–H groups in total. The second-order valence-electron chi connectivity index (χ2n) is 3.53. The van der Waals surface area contributed by atoms with E-state index in [9.17, 15) is 0 Å². The molecular weight excluding hydrogens is 208 g/mol. The topological polar surface area (TPSA) is 61.6 Å². The van der Waals surface area contributed by atoms with Crippen LogP contribution in [0.25, 0.3) is 0 Å². The van der Waals surface area contributed by atoms with Crippen LogP contribution in [-0.2, 0) is 0 Å². The number of nitrogens with one attached hydrogen (secondary N) is 1. The minimum absolute atomic E-state index is 0.427. The van der Waals surface area contributed by atoms with E-state index in [0.29, 0.717) is 17.7 Å². The lowest BCUT2D eigenvalue weighted by atomic mass is 10.3. The Morgan fingerprint density at radius 1 is 1.60 bits per heavy atom. The minimum Gasteiger partial charge on any atom is -0.351 e. The number of rotatable bonds is 2.